The fourth-order valence-corrected chi connectivity index (χ4v) is 3.19. The van der Waals surface area contributed by atoms with E-state index in [4.69, 9.17) is 5.73 Å². The van der Waals surface area contributed by atoms with E-state index >= 15 is 0 Å². The summed E-state index contributed by atoms with van der Waals surface area (Å²) in [7, 11) is -1.84. The maximum Gasteiger partial charge on any atom is 0.243 e. The predicted octanol–water partition coefficient (Wildman–Crippen LogP) is 1.95. The Balaban J connectivity index is 3.21. The van der Waals surface area contributed by atoms with Gasteiger partial charge in [0, 0.05) is 19.1 Å². The molecule has 0 bridgehead atoms. The Labute approximate surface area is 110 Å². The second-order valence-electron chi connectivity index (χ2n) is 4.99. The standard InChI is InChI=1S/C13H22N2O2S/c1-5-13(2,3)15(4)18(16,17)12-8-6-7-11(9-12)10-14/h6-9H,5,10,14H2,1-4H3. The predicted molar refractivity (Wildman–Crippen MR) is 73.7 cm³/mol. The molecule has 1 aromatic carbocycles. The van der Waals surface area contributed by atoms with Crippen LogP contribution >= 0.6 is 0 Å². The van der Waals surface area contributed by atoms with E-state index in [1.807, 2.05) is 26.8 Å². The Morgan fingerprint density at radius 1 is 1.33 bits per heavy atom. The van der Waals surface area contributed by atoms with Crippen LogP contribution in [0.5, 0.6) is 0 Å². The molecule has 0 heterocycles. The van der Waals surface area contributed by atoms with Gasteiger partial charge < -0.3 is 5.73 Å². The fourth-order valence-electron chi connectivity index (χ4n) is 1.54. The zero-order chi connectivity index (χ0) is 14.0. The van der Waals surface area contributed by atoms with Crippen molar-refractivity contribution in [1.82, 2.24) is 4.31 Å². The smallest absolute Gasteiger partial charge is 0.243 e. The summed E-state index contributed by atoms with van der Waals surface area (Å²) in [6.45, 7) is 6.14. The molecule has 0 aliphatic carbocycles. The molecular weight excluding hydrogens is 248 g/mol. The number of nitrogens with zero attached hydrogens (tertiary/aromatic N) is 1. The van der Waals surface area contributed by atoms with Crippen molar-refractivity contribution in [1.29, 1.82) is 0 Å². The molecule has 0 atom stereocenters. The number of hydrogen-bond donors (Lipinski definition) is 1. The molecule has 0 fully saturated rings. The normalized spacial score (nSPS) is 13.0. The van der Waals surface area contributed by atoms with Crippen LogP contribution in [0.15, 0.2) is 29.2 Å². The van der Waals surface area contributed by atoms with Gasteiger partial charge in [-0.25, -0.2) is 8.42 Å². The highest BCUT2D eigenvalue weighted by molar-refractivity contribution is 7.89. The van der Waals surface area contributed by atoms with E-state index in [1.165, 1.54) is 4.31 Å². The van der Waals surface area contributed by atoms with Crippen LogP contribution < -0.4 is 5.73 Å². The molecule has 0 unspecified atom stereocenters. The molecule has 0 saturated heterocycles. The summed E-state index contributed by atoms with van der Waals surface area (Å²) in [5.41, 5.74) is 5.95. The van der Waals surface area contributed by atoms with Crippen molar-refractivity contribution in [2.24, 2.45) is 5.73 Å². The van der Waals surface area contributed by atoms with E-state index in [2.05, 4.69) is 0 Å². The van der Waals surface area contributed by atoms with Crippen LogP contribution in [0, 0.1) is 0 Å². The first kappa shape index (κ1) is 15.1. The lowest BCUT2D eigenvalue weighted by Gasteiger charge is -2.33. The van der Waals surface area contributed by atoms with Crippen molar-refractivity contribution in [3.63, 3.8) is 0 Å². The summed E-state index contributed by atoms with van der Waals surface area (Å²) in [6.07, 6.45) is 0.749. The summed E-state index contributed by atoms with van der Waals surface area (Å²) >= 11 is 0. The molecule has 0 radical (unpaired) electrons. The van der Waals surface area contributed by atoms with E-state index in [9.17, 15) is 8.42 Å². The maximum absolute atomic E-state index is 12.5. The van der Waals surface area contributed by atoms with Crippen LogP contribution in [-0.2, 0) is 16.6 Å². The number of sulfonamides is 1. The molecule has 0 amide bonds. The summed E-state index contributed by atoms with van der Waals surface area (Å²) < 4.78 is 26.4. The zero-order valence-corrected chi connectivity index (χ0v) is 12.3. The number of hydrogen-bond acceptors (Lipinski definition) is 3. The fraction of sp³-hybridized carbons (Fsp3) is 0.538. The molecule has 18 heavy (non-hydrogen) atoms. The molecule has 2 N–H and O–H groups in total. The molecule has 102 valence electrons. The van der Waals surface area contributed by atoms with Crippen LogP contribution in [0.2, 0.25) is 0 Å². The first-order valence-electron chi connectivity index (χ1n) is 6.03. The zero-order valence-electron chi connectivity index (χ0n) is 11.5. The third kappa shape index (κ3) is 2.91. The van der Waals surface area contributed by atoms with E-state index in [0.29, 0.717) is 11.4 Å². The van der Waals surface area contributed by atoms with E-state index in [1.54, 1.807) is 25.2 Å². The topological polar surface area (TPSA) is 63.4 Å². The third-order valence-electron chi connectivity index (χ3n) is 3.51. The molecule has 5 heteroatoms. The van der Waals surface area contributed by atoms with Gasteiger partial charge in [0.1, 0.15) is 0 Å². The van der Waals surface area contributed by atoms with E-state index in [0.717, 1.165) is 12.0 Å². The summed E-state index contributed by atoms with van der Waals surface area (Å²) in [5, 5.41) is 0. The monoisotopic (exact) mass is 270 g/mol. The van der Waals surface area contributed by atoms with Crippen LogP contribution in [0.4, 0.5) is 0 Å². The number of nitrogens with two attached hydrogens (primary N) is 1. The van der Waals surface area contributed by atoms with E-state index < -0.39 is 15.6 Å². The molecule has 4 nitrogen and oxygen atoms in total. The van der Waals surface area contributed by atoms with Crippen molar-refractivity contribution in [2.75, 3.05) is 7.05 Å². The Kier molecular flexibility index (Phi) is 4.53. The van der Waals surface area contributed by atoms with Crippen LogP contribution in [0.3, 0.4) is 0 Å². The van der Waals surface area contributed by atoms with Gasteiger partial charge in [-0.1, -0.05) is 19.1 Å². The summed E-state index contributed by atoms with van der Waals surface area (Å²) in [6, 6.07) is 6.79. The van der Waals surface area contributed by atoms with Gasteiger partial charge in [-0.2, -0.15) is 4.31 Å². The van der Waals surface area contributed by atoms with Gasteiger partial charge in [-0.05, 0) is 38.0 Å². The second-order valence-corrected chi connectivity index (χ2v) is 6.96. The van der Waals surface area contributed by atoms with Gasteiger partial charge in [0.2, 0.25) is 10.0 Å². The largest absolute Gasteiger partial charge is 0.326 e. The SMILES string of the molecule is CCC(C)(C)N(C)S(=O)(=O)c1cccc(CN)c1. The third-order valence-corrected chi connectivity index (χ3v) is 5.58. The van der Waals surface area contributed by atoms with Gasteiger partial charge >= 0.3 is 0 Å². The highest BCUT2D eigenvalue weighted by Crippen LogP contribution is 2.25. The molecule has 0 aromatic heterocycles. The summed E-state index contributed by atoms with van der Waals surface area (Å²) in [4.78, 5) is 0.300. The maximum atomic E-state index is 12.5. The molecule has 0 aliphatic heterocycles. The Bertz CT molecular complexity index is 509. The van der Waals surface area contributed by atoms with Crippen molar-refractivity contribution >= 4 is 10.0 Å². The van der Waals surface area contributed by atoms with Gasteiger partial charge in [0.05, 0.1) is 4.90 Å². The Morgan fingerprint density at radius 2 is 1.94 bits per heavy atom. The van der Waals surface area contributed by atoms with Gasteiger partial charge in [0.25, 0.3) is 0 Å². The lowest BCUT2D eigenvalue weighted by atomic mass is 10.0. The Hall–Kier alpha value is -0.910. The molecule has 0 spiro atoms. The molecular formula is C13H22N2O2S. The molecule has 0 aliphatic rings. The highest BCUT2D eigenvalue weighted by atomic mass is 32.2. The first-order chi connectivity index (χ1) is 8.25. The van der Waals surface area contributed by atoms with Crippen molar-refractivity contribution in [3.8, 4) is 0 Å². The second kappa shape index (κ2) is 5.38. The summed E-state index contributed by atoms with van der Waals surface area (Å²) in [5.74, 6) is 0. The highest BCUT2D eigenvalue weighted by Gasteiger charge is 2.32. The number of benzene rings is 1. The molecule has 1 rings (SSSR count). The molecule has 0 saturated carbocycles. The first-order valence-corrected chi connectivity index (χ1v) is 7.47. The van der Waals surface area contributed by atoms with Crippen molar-refractivity contribution in [3.05, 3.63) is 29.8 Å². The average molecular weight is 270 g/mol. The van der Waals surface area contributed by atoms with Gasteiger partial charge in [-0.3, -0.25) is 0 Å². The lowest BCUT2D eigenvalue weighted by Crippen LogP contribution is -2.44. The van der Waals surface area contributed by atoms with Crippen LogP contribution in [0.1, 0.15) is 32.8 Å². The molecule has 1 aromatic rings. The number of rotatable bonds is 5. The quantitative estimate of drug-likeness (QED) is 0.889. The van der Waals surface area contributed by atoms with Gasteiger partial charge in [-0.15, -0.1) is 0 Å². The van der Waals surface area contributed by atoms with Crippen LogP contribution in [-0.4, -0.2) is 25.3 Å². The van der Waals surface area contributed by atoms with Crippen molar-refractivity contribution < 1.29 is 8.42 Å². The van der Waals surface area contributed by atoms with Crippen LogP contribution in [0.25, 0.3) is 0 Å². The minimum absolute atomic E-state index is 0.300. The van der Waals surface area contributed by atoms with Gasteiger partial charge in [0.15, 0.2) is 0 Å². The average Bonchev–Trinajstić information content (AvgIpc) is 2.37. The minimum atomic E-state index is -3.46. The van der Waals surface area contributed by atoms with Crippen molar-refractivity contribution in [2.45, 2.75) is 44.2 Å². The Morgan fingerprint density at radius 3 is 2.44 bits per heavy atom. The lowest BCUT2D eigenvalue weighted by molar-refractivity contribution is 0.257. The minimum Gasteiger partial charge on any atom is -0.326 e. The van der Waals surface area contributed by atoms with E-state index in [-0.39, 0.29) is 0 Å².